The average molecular weight is 270 g/mol. The maximum absolute atomic E-state index is 11.8. The van der Waals surface area contributed by atoms with E-state index in [0.29, 0.717) is 29.2 Å². The highest BCUT2D eigenvalue weighted by Gasteiger charge is 2.14. The summed E-state index contributed by atoms with van der Waals surface area (Å²) >= 11 is 5.94. The predicted molar refractivity (Wildman–Crippen MR) is 71.4 cm³/mol. The molecule has 0 saturated heterocycles. The smallest absolute Gasteiger partial charge is 0.248 e. The molecule has 98 valence electrons. The third kappa shape index (κ3) is 3.72. The van der Waals surface area contributed by atoms with Crippen LogP contribution in [0.3, 0.4) is 0 Å². The molecule has 0 saturated carbocycles. The van der Waals surface area contributed by atoms with E-state index in [-0.39, 0.29) is 11.8 Å². The predicted octanol–water partition coefficient (Wildman–Crippen LogP) is 1.36. The van der Waals surface area contributed by atoms with Gasteiger partial charge >= 0.3 is 0 Å². The molecule has 1 rings (SSSR count). The van der Waals surface area contributed by atoms with Crippen molar-refractivity contribution in [3.63, 3.8) is 0 Å². The van der Waals surface area contributed by atoms with Gasteiger partial charge in [-0.3, -0.25) is 9.59 Å². The Morgan fingerprint density at radius 3 is 2.67 bits per heavy atom. The Bertz CT molecular complexity index is 463. The van der Waals surface area contributed by atoms with Crippen molar-refractivity contribution in [1.29, 1.82) is 0 Å². The van der Waals surface area contributed by atoms with E-state index in [9.17, 15) is 9.59 Å². The molecule has 0 fully saturated rings. The number of primary amides is 1. The number of carbonyl (C=O) groups is 2. The number of nitrogens with one attached hydrogen (secondary N) is 1. The van der Waals surface area contributed by atoms with Gasteiger partial charge in [0.05, 0.1) is 10.7 Å². The topological polar surface area (TPSA) is 98.2 Å². The molecule has 6 heteroatoms. The summed E-state index contributed by atoms with van der Waals surface area (Å²) in [4.78, 5) is 22.8. The van der Waals surface area contributed by atoms with Crippen LogP contribution < -0.4 is 16.8 Å². The minimum absolute atomic E-state index is 0.191. The van der Waals surface area contributed by atoms with Gasteiger partial charge in [-0.2, -0.15) is 0 Å². The van der Waals surface area contributed by atoms with E-state index < -0.39 is 5.91 Å². The van der Waals surface area contributed by atoms with Crippen LogP contribution in [0, 0.1) is 5.92 Å². The van der Waals surface area contributed by atoms with Crippen molar-refractivity contribution >= 4 is 29.1 Å². The lowest BCUT2D eigenvalue weighted by Gasteiger charge is -2.12. The Morgan fingerprint density at radius 1 is 1.44 bits per heavy atom. The first-order chi connectivity index (χ1) is 8.45. The first-order valence-electron chi connectivity index (χ1n) is 5.56. The fourth-order valence-electron chi connectivity index (χ4n) is 1.41. The van der Waals surface area contributed by atoms with Gasteiger partial charge in [-0.1, -0.05) is 18.5 Å². The minimum atomic E-state index is -0.572. The summed E-state index contributed by atoms with van der Waals surface area (Å²) < 4.78 is 0. The molecule has 0 spiro atoms. The second-order valence-corrected chi connectivity index (χ2v) is 4.43. The Hall–Kier alpha value is -1.59. The SMILES string of the molecule is CC(CCN)C(=O)Nc1cc(C(N)=O)ccc1Cl. The van der Waals surface area contributed by atoms with Crippen molar-refractivity contribution in [1.82, 2.24) is 0 Å². The Kier molecular flexibility index (Phi) is 5.12. The van der Waals surface area contributed by atoms with Crippen molar-refractivity contribution in [2.24, 2.45) is 17.4 Å². The van der Waals surface area contributed by atoms with Crippen LogP contribution >= 0.6 is 11.6 Å². The fraction of sp³-hybridized carbons (Fsp3) is 0.333. The Labute approximate surface area is 110 Å². The van der Waals surface area contributed by atoms with Crippen LogP contribution in [0.1, 0.15) is 23.7 Å². The van der Waals surface area contributed by atoms with Crippen molar-refractivity contribution < 1.29 is 9.59 Å². The zero-order chi connectivity index (χ0) is 13.7. The summed E-state index contributed by atoms with van der Waals surface area (Å²) in [6, 6.07) is 4.48. The highest BCUT2D eigenvalue weighted by Crippen LogP contribution is 2.23. The monoisotopic (exact) mass is 269 g/mol. The fourth-order valence-corrected chi connectivity index (χ4v) is 1.58. The number of anilines is 1. The van der Waals surface area contributed by atoms with Gasteiger partial charge in [0.2, 0.25) is 11.8 Å². The maximum Gasteiger partial charge on any atom is 0.248 e. The summed E-state index contributed by atoms with van der Waals surface area (Å²) in [5, 5.41) is 3.01. The van der Waals surface area contributed by atoms with Gasteiger partial charge in [-0.05, 0) is 31.2 Å². The molecular formula is C12H16ClN3O2. The second-order valence-electron chi connectivity index (χ2n) is 4.03. The highest BCUT2D eigenvalue weighted by atomic mass is 35.5. The van der Waals surface area contributed by atoms with Crippen LogP contribution in [0.5, 0.6) is 0 Å². The summed E-state index contributed by atoms with van der Waals surface area (Å²) in [6.07, 6.45) is 0.582. The zero-order valence-corrected chi connectivity index (χ0v) is 10.8. The quantitative estimate of drug-likeness (QED) is 0.753. The number of hydrogen-bond donors (Lipinski definition) is 3. The standard InChI is InChI=1S/C12H16ClN3O2/c1-7(4-5-14)12(18)16-10-6-8(11(15)17)2-3-9(10)13/h2-3,6-7H,4-5,14H2,1H3,(H2,15,17)(H,16,18). The molecule has 5 nitrogen and oxygen atoms in total. The van der Waals surface area contributed by atoms with E-state index in [1.165, 1.54) is 18.2 Å². The molecule has 1 atom stereocenters. The molecule has 5 N–H and O–H groups in total. The molecule has 0 heterocycles. The Morgan fingerprint density at radius 2 is 2.11 bits per heavy atom. The maximum atomic E-state index is 11.8. The first kappa shape index (κ1) is 14.5. The molecule has 2 amide bonds. The second kappa shape index (κ2) is 6.37. The van der Waals surface area contributed by atoms with Gasteiger partial charge in [0.25, 0.3) is 0 Å². The number of nitrogens with two attached hydrogens (primary N) is 2. The van der Waals surface area contributed by atoms with Gasteiger partial charge < -0.3 is 16.8 Å². The molecule has 18 heavy (non-hydrogen) atoms. The van der Waals surface area contributed by atoms with Crippen molar-refractivity contribution in [2.45, 2.75) is 13.3 Å². The van der Waals surface area contributed by atoms with Gasteiger partial charge in [-0.25, -0.2) is 0 Å². The van der Waals surface area contributed by atoms with Gasteiger partial charge in [0, 0.05) is 11.5 Å². The van der Waals surface area contributed by atoms with E-state index in [0.717, 1.165) is 0 Å². The van der Waals surface area contributed by atoms with Crippen LogP contribution in [0.2, 0.25) is 5.02 Å². The van der Waals surface area contributed by atoms with Gasteiger partial charge in [-0.15, -0.1) is 0 Å². The molecular weight excluding hydrogens is 254 g/mol. The zero-order valence-electron chi connectivity index (χ0n) is 10.1. The molecule has 1 aromatic carbocycles. The number of rotatable bonds is 5. The molecule has 1 aromatic rings. The van der Waals surface area contributed by atoms with E-state index in [2.05, 4.69) is 5.32 Å². The van der Waals surface area contributed by atoms with Crippen LogP contribution in [-0.4, -0.2) is 18.4 Å². The van der Waals surface area contributed by atoms with Gasteiger partial charge in [0.1, 0.15) is 0 Å². The van der Waals surface area contributed by atoms with E-state index in [1.807, 2.05) is 0 Å². The third-order valence-corrected chi connectivity index (χ3v) is 2.89. The van der Waals surface area contributed by atoms with Crippen molar-refractivity contribution in [2.75, 3.05) is 11.9 Å². The molecule has 0 radical (unpaired) electrons. The van der Waals surface area contributed by atoms with E-state index in [1.54, 1.807) is 6.92 Å². The molecule has 0 aliphatic rings. The lowest BCUT2D eigenvalue weighted by Crippen LogP contribution is -2.23. The minimum Gasteiger partial charge on any atom is -0.366 e. The van der Waals surface area contributed by atoms with Crippen molar-refractivity contribution in [3.8, 4) is 0 Å². The Balaban J connectivity index is 2.86. The normalized spacial score (nSPS) is 11.9. The lowest BCUT2D eigenvalue weighted by molar-refractivity contribution is -0.119. The van der Waals surface area contributed by atoms with E-state index in [4.69, 9.17) is 23.1 Å². The third-order valence-electron chi connectivity index (χ3n) is 2.56. The first-order valence-corrected chi connectivity index (χ1v) is 5.93. The lowest BCUT2D eigenvalue weighted by atomic mass is 10.1. The molecule has 0 aliphatic carbocycles. The van der Waals surface area contributed by atoms with Crippen LogP contribution in [0.25, 0.3) is 0 Å². The molecule has 0 aromatic heterocycles. The number of halogens is 1. The van der Waals surface area contributed by atoms with E-state index >= 15 is 0 Å². The molecule has 0 bridgehead atoms. The molecule has 1 unspecified atom stereocenters. The average Bonchev–Trinajstić information content (AvgIpc) is 2.31. The highest BCUT2D eigenvalue weighted by molar-refractivity contribution is 6.33. The number of hydrogen-bond acceptors (Lipinski definition) is 3. The van der Waals surface area contributed by atoms with Crippen LogP contribution in [0.4, 0.5) is 5.69 Å². The van der Waals surface area contributed by atoms with Gasteiger partial charge in [0.15, 0.2) is 0 Å². The molecule has 0 aliphatic heterocycles. The summed E-state index contributed by atoms with van der Waals surface area (Å²) in [5.41, 5.74) is 11.2. The van der Waals surface area contributed by atoms with Crippen LogP contribution in [-0.2, 0) is 4.79 Å². The summed E-state index contributed by atoms with van der Waals surface area (Å²) in [5.74, 6) is -0.982. The number of amides is 2. The number of carbonyl (C=O) groups excluding carboxylic acids is 2. The van der Waals surface area contributed by atoms with Crippen LogP contribution in [0.15, 0.2) is 18.2 Å². The largest absolute Gasteiger partial charge is 0.366 e. The summed E-state index contributed by atoms with van der Waals surface area (Å²) in [7, 11) is 0. The summed E-state index contributed by atoms with van der Waals surface area (Å²) in [6.45, 7) is 2.21. The van der Waals surface area contributed by atoms with Crippen molar-refractivity contribution in [3.05, 3.63) is 28.8 Å². The number of benzene rings is 1.